The number of hydrogen-bond donors (Lipinski definition) is 1. The summed E-state index contributed by atoms with van der Waals surface area (Å²) in [5.74, 6) is -0.324. The fourth-order valence-corrected chi connectivity index (χ4v) is 1.26. The molecule has 1 atom stereocenters. The molecule has 5 heteroatoms. The maximum Gasteiger partial charge on any atom is 0.344 e. The Morgan fingerprint density at radius 3 is 2.78 bits per heavy atom. The molecule has 0 heterocycles. The van der Waals surface area contributed by atoms with Gasteiger partial charge in [-0.05, 0) is 25.5 Å². The Morgan fingerprint density at radius 1 is 1.50 bits per heavy atom. The lowest BCUT2D eigenvalue weighted by Gasteiger charge is -2.13. The van der Waals surface area contributed by atoms with Crippen LogP contribution in [0, 0.1) is 0 Å². The quantitative estimate of drug-likeness (QED) is 0.752. The van der Waals surface area contributed by atoms with E-state index < -0.39 is 12.1 Å². The van der Waals surface area contributed by atoms with Gasteiger partial charge in [0.25, 0.3) is 0 Å². The molecule has 0 radical (unpaired) electrons. The van der Waals surface area contributed by atoms with Crippen molar-refractivity contribution in [2.24, 2.45) is 0 Å². The molecule has 1 N–H and O–H groups in total. The molecule has 0 fully saturated rings. The Kier molecular flexibility index (Phi) is 5.17. The molecule has 1 aromatic rings. The van der Waals surface area contributed by atoms with Crippen molar-refractivity contribution in [1.82, 2.24) is 0 Å². The monoisotopic (exact) mass is 252 g/mol. The van der Waals surface area contributed by atoms with Crippen molar-refractivity contribution in [3.63, 3.8) is 0 Å². The summed E-state index contributed by atoms with van der Waals surface area (Å²) in [6.45, 7) is 3.93. The fourth-order valence-electron chi connectivity index (χ4n) is 1.26. The lowest BCUT2D eigenvalue weighted by Crippen LogP contribution is -2.23. The topological polar surface area (TPSA) is 72.8 Å². The molecule has 0 aliphatic heterocycles. The van der Waals surface area contributed by atoms with E-state index in [9.17, 15) is 9.59 Å². The third kappa shape index (κ3) is 3.76. The van der Waals surface area contributed by atoms with Gasteiger partial charge in [0, 0.05) is 6.07 Å². The van der Waals surface area contributed by atoms with Gasteiger partial charge >= 0.3 is 5.97 Å². The molecule has 0 aliphatic carbocycles. The average Bonchev–Trinajstić information content (AvgIpc) is 2.36. The number of carbonyl (C=O) groups is 2. The number of ether oxygens (including phenoxy) is 2. The van der Waals surface area contributed by atoms with E-state index in [1.807, 2.05) is 6.92 Å². The van der Waals surface area contributed by atoms with E-state index in [4.69, 9.17) is 14.6 Å². The van der Waals surface area contributed by atoms with Crippen LogP contribution in [0.25, 0.3) is 0 Å². The zero-order valence-corrected chi connectivity index (χ0v) is 10.4. The summed E-state index contributed by atoms with van der Waals surface area (Å²) in [5.41, 5.74) is 0.298. The second-order valence-corrected chi connectivity index (χ2v) is 3.76. The van der Waals surface area contributed by atoms with Gasteiger partial charge in [-0.1, -0.05) is 6.92 Å². The highest BCUT2D eigenvalue weighted by molar-refractivity contribution is 5.80. The van der Waals surface area contributed by atoms with Gasteiger partial charge in [0.1, 0.15) is 11.5 Å². The molecule has 1 aromatic carbocycles. The van der Waals surface area contributed by atoms with Crippen LogP contribution in [0.15, 0.2) is 18.2 Å². The van der Waals surface area contributed by atoms with Crippen molar-refractivity contribution in [2.75, 3.05) is 6.61 Å². The summed E-state index contributed by atoms with van der Waals surface area (Å²) in [7, 11) is 0. The Labute approximate surface area is 105 Å². The first-order chi connectivity index (χ1) is 8.58. The fraction of sp³-hybridized carbons (Fsp3) is 0.385. The number of carbonyl (C=O) groups excluding carboxylic acids is 1. The van der Waals surface area contributed by atoms with Crippen LogP contribution in [0.3, 0.4) is 0 Å². The molecule has 1 unspecified atom stereocenters. The van der Waals surface area contributed by atoms with Gasteiger partial charge in [0.05, 0.1) is 12.2 Å². The molecule has 18 heavy (non-hydrogen) atoms. The highest BCUT2D eigenvalue weighted by Gasteiger charge is 2.15. The van der Waals surface area contributed by atoms with Gasteiger partial charge in [-0.25, -0.2) is 4.79 Å². The van der Waals surface area contributed by atoms with Gasteiger partial charge in [-0.15, -0.1) is 0 Å². The maximum absolute atomic E-state index is 10.8. The summed E-state index contributed by atoms with van der Waals surface area (Å²) in [6, 6.07) is 4.72. The highest BCUT2D eigenvalue weighted by Crippen LogP contribution is 2.25. The third-order valence-electron chi connectivity index (χ3n) is 2.24. The molecule has 0 aromatic heterocycles. The minimum absolute atomic E-state index is 0.216. The Morgan fingerprint density at radius 2 is 2.22 bits per heavy atom. The molecule has 0 spiro atoms. The van der Waals surface area contributed by atoms with Crippen LogP contribution in [0.1, 0.15) is 30.6 Å². The van der Waals surface area contributed by atoms with Crippen LogP contribution in [-0.2, 0) is 4.79 Å². The van der Waals surface area contributed by atoms with E-state index in [-0.39, 0.29) is 5.75 Å². The molecule has 0 saturated heterocycles. The third-order valence-corrected chi connectivity index (χ3v) is 2.24. The van der Waals surface area contributed by atoms with Crippen LogP contribution in [0.5, 0.6) is 11.5 Å². The zero-order chi connectivity index (χ0) is 13.5. The van der Waals surface area contributed by atoms with Crippen molar-refractivity contribution in [3.05, 3.63) is 23.8 Å². The minimum Gasteiger partial charge on any atom is -0.493 e. The smallest absolute Gasteiger partial charge is 0.344 e. The van der Waals surface area contributed by atoms with Crippen molar-refractivity contribution in [2.45, 2.75) is 26.4 Å². The second-order valence-electron chi connectivity index (χ2n) is 3.76. The second kappa shape index (κ2) is 6.64. The highest BCUT2D eigenvalue weighted by atomic mass is 16.5. The molecule has 0 amide bonds. The first-order valence-electron chi connectivity index (χ1n) is 5.70. The molecule has 0 bridgehead atoms. The van der Waals surface area contributed by atoms with Crippen molar-refractivity contribution < 1.29 is 24.2 Å². The number of hydrogen-bond acceptors (Lipinski definition) is 4. The normalized spacial score (nSPS) is 11.7. The maximum atomic E-state index is 10.8. The van der Waals surface area contributed by atoms with E-state index >= 15 is 0 Å². The number of aliphatic carboxylic acids is 1. The van der Waals surface area contributed by atoms with Crippen LogP contribution in [0.2, 0.25) is 0 Å². The number of benzene rings is 1. The number of carboxylic acid groups (broad SMARTS) is 1. The van der Waals surface area contributed by atoms with Crippen molar-refractivity contribution >= 4 is 12.3 Å². The van der Waals surface area contributed by atoms with Crippen LogP contribution in [-0.4, -0.2) is 30.1 Å². The zero-order valence-electron chi connectivity index (χ0n) is 10.4. The summed E-state index contributed by atoms with van der Waals surface area (Å²) < 4.78 is 10.6. The van der Waals surface area contributed by atoms with E-state index in [1.165, 1.54) is 13.0 Å². The van der Waals surface area contributed by atoms with Gasteiger partial charge in [-0.2, -0.15) is 0 Å². The SMILES string of the molecule is CCCOc1ccc(C=O)c(OC(C)C(=O)O)c1. The summed E-state index contributed by atoms with van der Waals surface area (Å²) in [4.78, 5) is 21.6. The van der Waals surface area contributed by atoms with Crippen molar-refractivity contribution in [3.8, 4) is 11.5 Å². The van der Waals surface area contributed by atoms with Gasteiger partial charge in [-0.3, -0.25) is 4.79 Å². The van der Waals surface area contributed by atoms with Crippen LogP contribution in [0.4, 0.5) is 0 Å². The first kappa shape index (κ1) is 14.0. The van der Waals surface area contributed by atoms with E-state index in [1.54, 1.807) is 12.1 Å². The number of carboxylic acids is 1. The van der Waals surface area contributed by atoms with Crippen LogP contribution < -0.4 is 9.47 Å². The largest absolute Gasteiger partial charge is 0.493 e. The van der Waals surface area contributed by atoms with E-state index in [2.05, 4.69) is 0 Å². The van der Waals surface area contributed by atoms with Gasteiger partial charge in [0.2, 0.25) is 0 Å². The Balaban J connectivity index is 2.91. The van der Waals surface area contributed by atoms with Gasteiger partial charge < -0.3 is 14.6 Å². The molecular weight excluding hydrogens is 236 g/mol. The summed E-state index contributed by atoms with van der Waals surface area (Å²) >= 11 is 0. The molecule has 1 rings (SSSR count). The minimum atomic E-state index is -1.09. The molecule has 98 valence electrons. The number of aldehydes is 1. The summed E-state index contributed by atoms with van der Waals surface area (Å²) in [6.07, 6.45) is 0.454. The number of rotatable bonds is 7. The average molecular weight is 252 g/mol. The molecule has 0 aliphatic rings. The van der Waals surface area contributed by atoms with Crippen molar-refractivity contribution in [1.29, 1.82) is 0 Å². The molecule has 0 saturated carbocycles. The molecular formula is C13H16O5. The lowest BCUT2D eigenvalue weighted by molar-refractivity contribution is -0.144. The molecule has 5 nitrogen and oxygen atoms in total. The van der Waals surface area contributed by atoms with Gasteiger partial charge in [0.15, 0.2) is 12.4 Å². The van der Waals surface area contributed by atoms with E-state index in [0.29, 0.717) is 24.2 Å². The predicted molar refractivity (Wildman–Crippen MR) is 65.3 cm³/mol. The Hall–Kier alpha value is -2.04. The lowest BCUT2D eigenvalue weighted by atomic mass is 10.2. The summed E-state index contributed by atoms with van der Waals surface area (Å²) in [5, 5.41) is 8.77. The van der Waals surface area contributed by atoms with Crippen LogP contribution >= 0.6 is 0 Å². The Bertz CT molecular complexity index is 427. The first-order valence-corrected chi connectivity index (χ1v) is 5.70. The predicted octanol–water partition coefficient (Wildman–Crippen LogP) is 2.14. The standard InChI is InChI=1S/C13H16O5/c1-3-6-17-11-5-4-10(8-14)12(7-11)18-9(2)13(15)16/h4-5,7-9H,3,6H2,1-2H3,(H,15,16). The van der Waals surface area contributed by atoms with E-state index in [0.717, 1.165) is 6.42 Å².